The van der Waals surface area contributed by atoms with Crippen molar-refractivity contribution in [3.8, 4) is 5.75 Å². The van der Waals surface area contributed by atoms with Crippen LogP contribution >= 0.6 is 15.9 Å². The van der Waals surface area contributed by atoms with E-state index in [0.717, 1.165) is 41.5 Å². The summed E-state index contributed by atoms with van der Waals surface area (Å²) in [5.74, 6) is 1.23. The molecule has 0 aromatic heterocycles. The summed E-state index contributed by atoms with van der Waals surface area (Å²) in [5.41, 5.74) is 0.641. The van der Waals surface area contributed by atoms with Crippen molar-refractivity contribution < 1.29 is 9.84 Å². The van der Waals surface area contributed by atoms with Crippen LogP contribution in [0.2, 0.25) is 0 Å². The van der Waals surface area contributed by atoms with Gasteiger partial charge in [-0.1, -0.05) is 19.4 Å². The molecule has 1 aromatic rings. The van der Waals surface area contributed by atoms with Gasteiger partial charge < -0.3 is 9.84 Å². The Hall–Kier alpha value is -0.540. The molecule has 0 amide bonds. The third-order valence-corrected chi connectivity index (χ3v) is 4.51. The van der Waals surface area contributed by atoms with Crippen LogP contribution in [0.25, 0.3) is 0 Å². The van der Waals surface area contributed by atoms with E-state index in [1.165, 1.54) is 0 Å². The smallest absolute Gasteiger partial charge is 0.133 e. The molecule has 2 nitrogen and oxygen atoms in total. The molecular weight excluding hydrogens is 280 g/mol. The highest BCUT2D eigenvalue weighted by molar-refractivity contribution is 9.10. The number of aliphatic hydroxyl groups is 1. The molecule has 0 radical (unpaired) electrons. The molecule has 17 heavy (non-hydrogen) atoms. The predicted molar refractivity (Wildman–Crippen MR) is 72.4 cm³/mol. The van der Waals surface area contributed by atoms with Gasteiger partial charge >= 0.3 is 0 Å². The van der Waals surface area contributed by atoms with Crippen LogP contribution in [0.4, 0.5) is 0 Å². The molecule has 1 saturated carbocycles. The molecule has 3 heteroatoms. The summed E-state index contributed by atoms with van der Waals surface area (Å²) >= 11 is 3.48. The van der Waals surface area contributed by atoms with Crippen molar-refractivity contribution in [1.82, 2.24) is 0 Å². The molecule has 1 aromatic carbocycles. The van der Waals surface area contributed by atoms with Gasteiger partial charge in [-0.05, 0) is 52.4 Å². The molecule has 1 aliphatic carbocycles. The Morgan fingerprint density at radius 1 is 1.53 bits per heavy atom. The van der Waals surface area contributed by atoms with Gasteiger partial charge in [-0.2, -0.15) is 0 Å². The topological polar surface area (TPSA) is 29.5 Å². The van der Waals surface area contributed by atoms with Crippen LogP contribution in [0.15, 0.2) is 22.7 Å². The zero-order chi connectivity index (χ0) is 12.5. The number of ether oxygens (including phenoxy) is 1. The van der Waals surface area contributed by atoms with Gasteiger partial charge in [0.2, 0.25) is 0 Å². The lowest BCUT2D eigenvalue weighted by molar-refractivity contribution is 0.00957. The first-order valence-corrected chi connectivity index (χ1v) is 6.89. The standard InChI is InChI=1S/C14H19BrO2/c1-10-4-3-7-14(10,16)9-11-5-6-13(17-2)12(15)8-11/h5-6,8,10,16H,3-4,7,9H2,1-2H3. The van der Waals surface area contributed by atoms with Crippen molar-refractivity contribution in [2.45, 2.75) is 38.2 Å². The monoisotopic (exact) mass is 298 g/mol. The maximum Gasteiger partial charge on any atom is 0.133 e. The van der Waals surface area contributed by atoms with E-state index in [-0.39, 0.29) is 0 Å². The number of benzene rings is 1. The average molecular weight is 299 g/mol. The molecule has 1 N–H and O–H groups in total. The quantitative estimate of drug-likeness (QED) is 0.925. The fourth-order valence-electron chi connectivity index (χ4n) is 2.67. The first kappa shape index (κ1) is 12.9. The summed E-state index contributed by atoms with van der Waals surface area (Å²) in [6.07, 6.45) is 3.91. The van der Waals surface area contributed by atoms with E-state index in [1.807, 2.05) is 18.2 Å². The van der Waals surface area contributed by atoms with Crippen LogP contribution in [0.3, 0.4) is 0 Å². The molecule has 2 atom stereocenters. The maximum absolute atomic E-state index is 10.6. The van der Waals surface area contributed by atoms with E-state index in [1.54, 1.807) is 7.11 Å². The van der Waals surface area contributed by atoms with Crippen molar-refractivity contribution in [3.05, 3.63) is 28.2 Å². The Morgan fingerprint density at radius 3 is 2.82 bits per heavy atom. The van der Waals surface area contributed by atoms with E-state index < -0.39 is 5.60 Å². The summed E-state index contributed by atoms with van der Waals surface area (Å²) in [4.78, 5) is 0. The van der Waals surface area contributed by atoms with Gasteiger partial charge in [0.25, 0.3) is 0 Å². The molecule has 2 unspecified atom stereocenters. The summed E-state index contributed by atoms with van der Waals surface area (Å²) in [7, 11) is 1.66. The average Bonchev–Trinajstić information content (AvgIpc) is 2.59. The highest BCUT2D eigenvalue weighted by Crippen LogP contribution is 2.38. The Kier molecular flexibility index (Phi) is 3.79. The number of hydrogen-bond donors (Lipinski definition) is 1. The minimum absolute atomic E-state index is 0.392. The van der Waals surface area contributed by atoms with Crippen LogP contribution in [0, 0.1) is 5.92 Å². The summed E-state index contributed by atoms with van der Waals surface area (Å²) < 4.78 is 6.16. The molecule has 1 fully saturated rings. The summed E-state index contributed by atoms with van der Waals surface area (Å²) in [6, 6.07) is 6.02. The number of methoxy groups -OCH3 is 1. The molecule has 0 heterocycles. The molecule has 0 aliphatic heterocycles. The Labute approximate surface area is 111 Å². The highest BCUT2D eigenvalue weighted by Gasteiger charge is 2.38. The zero-order valence-corrected chi connectivity index (χ0v) is 12.0. The van der Waals surface area contributed by atoms with Gasteiger partial charge in [-0.3, -0.25) is 0 Å². The third kappa shape index (κ3) is 2.66. The van der Waals surface area contributed by atoms with Crippen molar-refractivity contribution in [2.75, 3.05) is 7.11 Å². The van der Waals surface area contributed by atoms with Crippen LogP contribution in [0.1, 0.15) is 31.7 Å². The van der Waals surface area contributed by atoms with Gasteiger partial charge in [-0.25, -0.2) is 0 Å². The molecular formula is C14H19BrO2. The number of rotatable bonds is 3. The van der Waals surface area contributed by atoms with Gasteiger partial charge in [0, 0.05) is 6.42 Å². The zero-order valence-electron chi connectivity index (χ0n) is 10.4. The third-order valence-electron chi connectivity index (χ3n) is 3.89. The molecule has 0 saturated heterocycles. The Morgan fingerprint density at radius 2 is 2.29 bits per heavy atom. The molecule has 94 valence electrons. The first-order chi connectivity index (χ1) is 8.05. The van der Waals surface area contributed by atoms with Gasteiger partial charge in [0.1, 0.15) is 5.75 Å². The lowest BCUT2D eigenvalue weighted by atomic mass is 9.86. The SMILES string of the molecule is COc1ccc(CC2(O)CCCC2C)cc1Br. The van der Waals surface area contributed by atoms with E-state index >= 15 is 0 Å². The molecule has 2 rings (SSSR count). The van der Waals surface area contributed by atoms with Crippen LogP contribution < -0.4 is 4.74 Å². The van der Waals surface area contributed by atoms with Crippen LogP contribution in [-0.4, -0.2) is 17.8 Å². The van der Waals surface area contributed by atoms with E-state index in [4.69, 9.17) is 4.74 Å². The fourth-order valence-corrected chi connectivity index (χ4v) is 3.25. The van der Waals surface area contributed by atoms with Crippen molar-refractivity contribution >= 4 is 15.9 Å². The predicted octanol–water partition coefficient (Wildman–Crippen LogP) is 3.55. The number of halogens is 1. The second-order valence-electron chi connectivity index (χ2n) is 5.04. The Bertz CT molecular complexity index is 405. The summed E-state index contributed by atoms with van der Waals surface area (Å²) in [5, 5.41) is 10.6. The van der Waals surface area contributed by atoms with Gasteiger partial charge in [0.05, 0.1) is 17.2 Å². The Balaban J connectivity index is 2.16. The largest absolute Gasteiger partial charge is 0.496 e. The van der Waals surface area contributed by atoms with Gasteiger partial charge in [-0.15, -0.1) is 0 Å². The first-order valence-electron chi connectivity index (χ1n) is 6.10. The second-order valence-corrected chi connectivity index (χ2v) is 5.90. The van der Waals surface area contributed by atoms with Crippen LogP contribution in [-0.2, 0) is 6.42 Å². The molecule has 0 bridgehead atoms. The maximum atomic E-state index is 10.6. The van der Waals surface area contributed by atoms with E-state index in [9.17, 15) is 5.11 Å². The van der Waals surface area contributed by atoms with E-state index in [0.29, 0.717) is 5.92 Å². The van der Waals surface area contributed by atoms with Crippen molar-refractivity contribution in [1.29, 1.82) is 0 Å². The lowest BCUT2D eigenvalue weighted by Crippen LogP contribution is -2.34. The van der Waals surface area contributed by atoms with Crippen molar-refractivity contribution in [2.24, 2.45) is 5.92 Å². The summed E-state index contributed by atoms with van der Waals surface area (Å²) in [6.45, 7) is 2.14. The lowest BCUT2D eigenvalue weighted by Gasteiger charge is -2.28. The minimum Gasteiger partial charge on any atom is -0.496 e. The van der Waals surface area contributed by atoms with Crippen LogP contribution in [0.5, 0.6) is 5.75 Å². The second kappa shape index (κ2) is 4.99. The molecule has 0 spiro atoms. The van der Waals surface area contributed by atoms with Gasteiger partial charge in [0.15, 0.2) is 0 Å². The highest BCUT2D eigenvalue weighted by atomic mass is 79.9. The number of hydrogen-bond acceptors (Lipinski definition) is 2. The molecule has 1 aliphatic rings. The van der Waals surface area contributed by atoms with E-state index in [2.05, 4.69) is 22.9 Å². The van der Waals surface area contributed by atoms with Crippen molar-refractivity contribution in [3.63, 3.8) is 0 Å². The normalized spacial score (nSPS) is 28.4. The fraction of sp³-hybridized carbons (Fsp3) is 0.571. The minimum atomic E-state index is -0.520.